The fraction of sp³-hybridized carbons (Fsp3) is 0.647. The predicted molar refractivity (Wildman–Crippen MR) is 86.8 cm³/mol. The molecule has 2 heterocycles. The number of rotatable bonds is 7. The van der Waals surface area contributed by atoms with Crippen molar-refractivity contribution < 1.29 is 19.0 Å². The number of carbonyl (C=O) groups is 1. The Kier molecular flexibility index (Phi) is 6.80. The molecule has 2 atom stereocenters. The molecule has 1 saturated heterocycles. The summed E-state index contributed by atoms with van der Waals surface area (Å²) in [6.45, 7) is 6.35. The Labute approximate surface area is 137 Å². The van der Waals surface area contributed by atoms with E-state index in [1.54, 1.807) is 25.4 Å². The standard InChI is InChI=1S/C17H26N2O4/c1-4-13(2)23-16-11-14(5-7-18-16)17(20)19-8-10-22-12-15(19)6-9-21-3/h5,7,11,13,15H,4,6,8-10,12H2,1-3H3/t13-,15-/m0/s1. The van der Waals surface area contributed by atoms with E-state index < -0.39 is 0 Å². The summed E-state index contributed by atoms with van der Waals surface area (Å²) in [6, 6.07) is 3.50. The molecule has 1 aliphatic rings. The third kappa shape index (κ3) is 4.91. The molecule has 0 aromatic carbocycles. The van der Waals surface area contributed by atoms with Gasteiger partial charge < -0.3 is 19.1 Å². The molecular weight excluding hydrogens is 296 g/mol. The normalized spacial score (nSPS) is 19.4. The van der Waals surface area contributed by atoms with Crippen LogP contribution in [0, 0.1) is 0 Å². The van der Waals surface area contributed by atoms with Gasteiger partial charge in [0.25, 0.3) is 5.91 Å². The number of methoxy groups -OCH3 is 1. The molecule has 0 spiro atoms. The Morgan fingerprint density at radius 2 is 2.39 bits per heavy atom. The molecule has 1 amide bonds. The maximum absolute atomic E-state index is 12.8. The minimum absolute atomic E-state index is 0.00851. The summed E-state index contributed by atoms with van der Waals surface area (Å²) in [6.07, 6.45) is 3.35. The summed E-state index contributed by atoms with van der Waals surface area (Å²) in [5.41, 5.74) is 0.600. The number of hydrogen-bond acceptors (Lipinski definition) is 5. The maximum atomic E-state index is 12.8. The van der Waals surface area contributed by atoms with Crippen molar-refractivity contribution in [3.63, 3.8) is 0 Å². The van der Waals surface area contributed by atoms with E-state index in [-0.39, 0.29) is 18.1 Å². The molecule has 2 rings (SSSR count). The second-order valence-corrected chi connectivity index (χ2v) is 5.73. The van der Waals surface area contributed by atoms with Crippen LogP contribution in [0.5, 0.6) is 5.88 Å². The fourth-order valence-corrected chi connectivity index (χ4v) is 2.48. The number of ether oxygens (including phenoxy) is 3. The van der Waals surface area contributed by atoms with Gasteiger partial charge in [-0.3, -0.25) is 4.79 Å². The second-order valence-electron chi connectivity index (χ2n) is 5.73. The second kappa shape index (κ2) is 8.84. The zero-order valence-corrected chi connectivity index (χ0v) is 14.2. The van der Waals surface area contributed by atoms with Crippen molar-refractivity contribution >= 4 is 5.91 Å². The lowest BCUT2D eigenvalue weighted by Crippen LogP contribution is -2.49. The largest absolute Gasteiger partial charge is 0.475 e. The first kappa shape index (κ1) is 17.7. The van der Waals surface area contributed by atoms with Gasteiger partial charge in [-0.1, -0.05) is 6.92 Å². The summed E-state index contributed by atoms with van der Waals surface area (Å²) < 4.78 is 16.3. The van der Waals surface area contributed by atoms with Crippen LogP contribution in [0.2, 0.25) is 0 Å². The van der Waals surface area contributed by atoms with Crippen molar-refractivity contribution in [3.8, 4) is 5.88 Å². The first-order valence-corrected chi connectivity index (χ1v) is 8.16. The van der Waals surface area contributed by atoms with Crippen LogP contribution in [0.3, 0.4) is 0 Å². The van der Waals surface area contributed by atoms with Crippen LogP contribution in [0.1, 0.15) is 37.0 Å². The average Bonchev–Trinajstić information content (AvgIpc) is 2.59. The number of nitrogens with zero attached hydrogens (tertiary/aromatic N) is 2. The van der Waals surface area contributed by atoms with Crippen LogP contribution in [-0.4, -0.2) is 61.4 Å². The van der Waals surface area contributed by atoms with Crippen molar-refractivity contribution in [1.29, 1.82) is 0 Å². The molecule has 23 heavy (non-hydrogen) atoms. The summed E-state index contributed by atoms with van der Waals surface area (Å²) in [5, 5.41) is 0. The molecule has 0 bridgehead atoms. The first-order valence-electron chi connectivity index (χ1n) is 8.16. The quantitative estimate of drug-likeness (QED) is 0.770. The minimum Gasteiger partial charge on any atom is -0.475 e. The van der Waals surface area contributed by atoms with Crippen LogP contribution in [0.25, 0.3) is 0 Å². The Hall–Kier alpha value is -1.66. The zero-order valence-electron chi connectivity index (χ0n) is 14.2. The van der Waals surface area contributed by atoms with Gasteiger partial charge in [-0.15, -0.1) is 0 Å². The van der Waals surface area contributed by atoms with E-state index in [9.17, 15) is 4.79 Å². The van der Waals surface area contributed by atoms with Crippen molar-refractivity contribution in [2.45, 2.75) is 38.8 Å². The lowest BCUT2D eigenvalue weighted by Gasteiger charge is -2.35. The average molecular weight is 322 g/mol. The van der Waals surface area contributed by atoms with Crippen LogP contribution < -0.4 is 4.74 Å². The molecule has 1 fully saturated rings. The summed E-state index contributed by atoms with van der Waals surface area (Å²) in [7, 11) is 1.66. The number of pyridine rings is 1. The van der Waals surface area contributed by atoms with E-state index in [0.29, 0.717) is 37.8 Å². The van der Waals surface area contributed by atoms with Crippen molar-refractivity contribution in [2.75, 3.05) is 33.5 Å². The number of hydrogen-bond donors (Lipinski definition) is 0. The summed E-state index contributed by atoms with van der Waals surface area (Å²) >= 11 is 0. The topological polar surface area (TPSA) is 60.9 Å². The Morgan fingerprint density at radius 1 is 1.57 bits per heavy atom. The lowest BCUT2D eigenvalue weighted by atomic mass is 10.1. The molecule has 0 aliphatic carbocycles. The Balaban J connectivity index is 2.09. The fourth-order valence-electron chi connectivity index (χ4n) is 2.48. The molecule has 0 saturated carbocycles. The summed E-state index contributed by atoms with van der Waals surface area (Å²) in [5.74, 6) is 0.484. The molecule has 1 aromatic heterocycles. The monoisotopic (exact) mass is 322 g/mol. The molecule has 6 heteroatoms. The highest BCUT2D eigenvalue weighted by molar-refractivity contribution is 5.94. The third-order valence-corrected chi connectivity index (χ3v) is 4.02. The van der Waals surface area contributed by atoms with Crippen LogP contribution in [-0.2, 0) is 9.47 Å². The molecule has 0 radical (unpaired) electrons. The van der Waals surface area contributed by atoms with Gasteiger partial charge in [-0.25, -0.2) is 4.98 Å². The van der Waals surface area contributed by atoms with Gasteiger partial charge >= 0.3 is 0 Å². The zero-order chi connectivity index (χ0) is 16.7. The van der Waals surface area contributed by atoms with Gasteiger partial charge in [-0.2, -0.15) is 0 Å². The highest BCUT2D eigenvalue weighted by atomic mass is 16.5. The van der Waals surface area contributed by atoms with Gasteiger partial charge in [0, 0.05) is 38.1 Å². The van der Waals surface area contributed by atoms with Crippen molar-refractivity contribution in [3.05, 3.63) is 23.9 Å². The van der Waals surface area contributed by atoms with Gasteiger partial charge in [-0.05, 0) is 25.8 Å². The van der Waals surface area contributed by atoms with Gasteiger partial charge in [0.15, 0.2) is 0 Å². The van der Waals surface area contributed by atoms with Gasteiger partial charge in [0.1, 0.15) is 0 Å². The number of amides is 1. The predicted octanol–water partition coefficient (Wildman–Crippen LogP) is 2.14. The Bertz CT molecular complexity index is 509. The highest BCUT2D eigenvalue weighted by Crippen LogP contribution is 2.18. The van der Waals surface area contributed by atoms with Crippen molar-refractivity contribution in [2.24, 2.45) is 0 Å². The van der Waals surface area contributed by atoms with Crippen molar-refractivity contribution in [1.82, 2.24) is 9.88 Å². The minimum atomic E-state index is -0.00851. The molecular formula is C17H26N2O4. The lowest BCUT2D eigenvalue weighted by molar-refractivity contribution is -0.0104. The smallest absolute Gasteiger partial charge is 0.254 e. The van der Waals surface area contributed by atoms with E-state index >= 15 is 0 Å². The highest BCUT2D eigenvalue weighted by Gasteiger charge is 2.28. The summed E-state index contributed by atoms with van der Waals surface area (Å²) in [4.78, 5) is 18.9. The van der Waals surface area contributed by atoms with E-state index in [1.807, 2.05) is 18.7 Å². The SMILES string of the molecule is CC[C@H](C)Oc1cc(C(=O)N2CCOC[C@@H]2CCOC)ccn1. The molecule has 1 aromatic rings. The number of morpholine rings is 1. The number of aromatic nitrogens is 1. The van der Waals surface area contributed by atoms with Gasteiger partial charge in [0.2, 0.25) is 5.88 Å². The Morgan fingerprint density at radius 3 is 3.13 bits per heavy atom. The third-order valence-electron chi connectivity index (χ3n) is 4.02. The maximum Gasteiger partial charge on any atom is 0.254 e. The van der Waals surface area contributed by atoms with Crippen LogP contribution in [0.4, 0.5) is 0 Å². The van der Waals surface area contributed by atoms with Crippen LogP contribution in [0.15, 0.2) is 18.3 Å². The molecule has 128 valence electrons. The van der Waals surface area contributed by atoms with E-state index in [0.717, 1.165) is 12.8 Å². The molecule has 0 unspecified atom stereocenters. The first-order chi connectivity index (χ1) is 11.2. The van der Waals surface area contributed by atoms with E-state index in [1.165, 1.54) is 0 Å². The molecule has 6 nitrogen and oxygen atoms in total. The van der Waals surface area contributed by atoms with Crippen LogP contribution >= 0.6 is 0 Å². The van der Waals surface area contributed by atoms with E-state index in [4.69, 9.17) is 14.2 Å². The number of carbonyl (C=O) groups excluding carboxylic acids is 1. The van der Waals surface area contributed by atoms with E-state index in [2.05, 4.69) is 4.98 Å². The molecule has 1 aliphatic heterocycles. The molecule has 0 N–H and O–H groups in total. The van der Waals surface area contributed by atoms with Gasteiger partial charge in [0.05, 0.1) is 25.4 Å².